The van der Waals surface area contributed by atoms with Crippen LogP contribution in [0.3, 0.4) is 0 Å². The quantitative estimate of drug-likeness (QED) is 0.743. The van der Waals surface area contributed by atoms with E-state index in [1.165, 1.54) is 0 Å². The molecule has 98 valence electrons. The smallest absolute Gasteiger partial charge is 0.235 e. The number of nitrogens with zero attached hydrogens (tertiary/aromatic N) is 1. The van der Waals surface area contributed by atoms with E-state index in [-0.39, 0.29) is 10.9 Å². The third-order valence-corrected chi connectivity index (χ3v) is 4.30. The number of likely N-dealkylation sites (tertiary alicyclic amines) is 1. The van der Waals surface area contributed by atoms with Crippen molar-refractivity contribution < 1.29 is 9.90 Å². The molecule has 17 heavy (non-hydrogen) atoms. The minimum atomic E-state index is -0.751. The van der Waals surface area contributed by atoms with Gasteiger partial charge in [-0.3, -0.25) is 4.79 Å². The average Bonchev–Trinajstić information content (AvgIpc) is 2.26. The Morgan fingerprint density at radius 2 is 2.00 bits per heavy atom. The predicted octanol–water partition coefficient (Wildman–Crippen LogP) is 1.06. The highest BCUT2D eigenvalue weighted by atomic mass is 32.1. The van der Waals surface area contributed by atoms with Crippen LogP contribution in [0.5, 0.6) is 0 Å². The van der Waals surface area contributed by atoms with Crippen molar-refractivity contribution in [1.82, 2.24) is 4.90 Å². The minimum absolute atomic E-state index is 0.0111. The Bertz CT molecular complexity index is 320. The van der Waals surface area contributed by atoms with Gasteiger partial charge in [-0.25, -0.2) is 0 Å². The molecule has 1 atom stereocenters. The van der Waals surface area contributed by atoms with Crippen LogP contribution in [0, 0.1) is 5.41 Å². The molecule has 1 rings (SSSR count). The molecule has 4 nitrogen and oxygen atoms in total. The van der Waals surface area contributed by atoms with Gasteiger partial charge in [-0.15, -0.1) is 0 Å². The molecule has 3 N–H and O–H groups in total. The highest BCUT2D eigenvalue weighted by Gasteiger charge is 2.40. The van der Waals surface area contributed by atoms with E-state index in [9.17, 15) is 9.90 Å². The third-order valence-electron chi connectivity index (χ3n) is 3.85. The van der Waals surface area contributed by atoms with Crippen LogP contribution in [-0.4, -0.2) is 39.6 Å². The lowest BCUT2D eigenvalue weighted by molar-refractivity contribution is -0.141. The van der Waals surface area contributed by atoms with Crippen molar-refractivity contribution in [3.05, 3.63) is 0 Å². The molecule has 1 heterocycles. The van der Waals surface area contributed by atoms with Gasteiger partial charge in [0.1, 0.15) is 0 Å². The van der Waals surface area contributed by atoms with Gasteiger partial charge in [0, 0.05) is 13.1 Å². The number of aliphatic hydroxyl groups is 1. The first-order chi connectivity index (χ1) is 7.73. The number of thiocarbonyl (C=S) groups is 1. The summed E-state index contributed by atoms with van der Waals surface area (Å²) in [6, 6.07) is 0. The van der Waals surface area contributed by atoms with Crippen molar-refractivity contribution in [2.24, 2.45) is 11.1 Å². The van der Waals surface area contributed by atoms with Gasteiger partial charge in [-0.1, -0.05) is 19.1 Å². The van der Waals surface area contributed by atoms with Gasteiger partial charge < -0.3 is 15.7 Å². The van der Waals surface area contributed by atoms with Gasteiger partial charge in [0.25, 0.3) is 0 Å². The first kappa shape index (κ1) is 14.4. The van der Waals surface area contributed by atoms with E-state index in [1.54, 1.807) is 18.7 Å². The third kappa shape index (κ3) is 2.96. The number of hydrogen-bond acceptors (Lipinski definition) is 3. The van der Waals surface area contributed by atoms with Gasteiger partial charge in [0.2, 0.25) is 5.91 Å². The van der Waals surface area contributed by atoms with Crippen molar-refractivity contribution in [2.45, 2.75) is 45.6 Å². The summed E-state index contributed by atoms with van der Waals surface area (Å²) in [5, 5.41) is 9.85. The second-order valence-electron chi connectivity index (χ2n) is 5.34. The van der Waals surface area contributed by atoms with Crippen molar-refractivity contribution in [2.75, 3.05) is 13.1 Å². The number of piperidine rings is 1. The molecule has 0 bridgehead atoms. The van der Waals surface area contributed by atoms with E-state index in [0.29, 0.717) is 32.4 Å². The van der Waals surface area contributed by atoms with Crippen LogP contribution in [0.2, 0.25) is 0 Å². The molecule has 1 amide bonds. The summed E-state index contributed by atoms with van der Waals surface area (Å²) in [6.45, 7) is 6.66. The van der Waals surface area contributed by atoms with Crippen molar-refractivity contribution >= 4 is 23.1 Å². The predicted molar refractivity (Wildman–Crippen MR) is 71.6 cm³/mol. The van der Waals surface area contributed by atoms with Crippen LogP contribution in [-0.2, 0) is 4.79 Å². The molecule has 1 aliphatic rings. The van der Waals surface area contributed by atoms with Crippen molar-refractivity contribution in [1.29, 1.82) is 0 Å². The Morgan fingerprint density at radius 1 is 1.53 bits per heavy atom. The molecule has 0 aromatic heterocycles. The molecule has 0 aromatic carbocycles. The van der Waals surface area contributed by atoms with Crippen molar-refractivity contribution in [3.8, 4) is 0 Å². The first-order valence-corrected chi connectivity index (χ1v) is 6.45. The Kier molecular flexibility index (Phi) is 4.15. The van der Waals surface area contributed by atoms with Crippen LogP contribution < -0.4 is 5.73 Å². The van der Waals surface area contributed by atoms with Gasteiger partial charge in [-0.05, 0) is 33.1 Å². The average molecular weight is 258 g/mol. The summed E-state index contributed by atoms with van der Waals surface area (Å²) < 4.78 is 0. The van der Waals surface area contributed by atoms with Crippen molar-refractivity contribution in [3.63, 3.8) is 0 Å². The molecule has 1 aliphatic heterocycles. The molecule has 0 spiro atoms. The Balaban J connectivity index is 2.75. The number of amides is 1. The fraction of sp³-hybridized carbons (Fsp3) is 0.833. The highest BCUT2D eigenvalue weighted by molar-refractivity contribution is 7.80. The molecular weight excluding hydrogens is 236 g/mol. The lowest BCUT2D eigenvalue weighted by Crippen LogP contribution is -2.53. The maximum absolute atomic E-state index is 12.4. The maximum atomic E-state index is 12.4. The molecule has 0 radical (unpaired) electrons. The zero-order chi connectivity index (χ0) is 13.3. The van der Waals surface area contributed by atoms with E-state index in [0.717, 1.165) is 0 Å². The minimum Gasteiger partial charge on any atom is -0.392 e. The zero-order valence-electron chi connectivity index (χ0n) is 10.8. The van der Waals surface area contributed by atoms with Gasteiger partial charge in [-0.2, -0.15) is 0 Å². The SMILES string of the molecule is CCC(C)(C(=O)N1CCC(C)(O)CC1)C(N)=S. The summed E-state index contributed by atoms with van der Waals surface area (Å²) in [4.78, 5) is 14.4. The summed E-state index contributed by atoms with van der Waals surface area (Å²) in [5.74, 6) is -0.0111. The number of hydrogen-bond donors (Lipinski definition) is 2. The lowest BCUT2D eigenvalue weighted by atomic mass is 9.84. The van der Waals surface area contributed by atoms with Gasteiger partial charge in [0.05, 0.1) is 16.0 Å². The number of rotatable bonds is 3. The molecule has 0 aliphatic carbocycles. The first-order valence-electron chi connectivity index (χ1n) is 6.04. The second-order valence-corrected chi connectivity index (χ2v) is 5.78. The molecule has 1 saturated heterocycles. The van der Waals surface area contributed by atoms with Crippen LogP contribution in [0.15, 0.2) is 0 Å². The van der Waals surface area contributed by atoms with Crippen LogP contribution in [0.1, 0.15) is 40.0 Å². The standard InChI is InChI=1S/C12H22N2O2S/c1-4-12(3,9(13)17)10(15)14-7-5-11(2,16)6-8-14/h16H,4-8H2,1-3H3,(H2,13,17). The Labute approximate surface area is 108 Å². The topological polar surface area (TPSA) is 66.6 Å². The fourth-order valence-corrected chi connectivity index (χ4v) is 2.20. The van der Waals surface area contributed by atoms with E-state index < -0.39 is 11.0 Å². The number of nitrogens with two attached hydrogens (primary N) is 1. The summed E-state index contributed by atoms with van der Waals surface area (Å²) in [7, 11) is 0. The summed E-state index contributed by atoms with van der Waals surface area (Å²) >= 11 is 5.00. The van der Waals surface area contributed by atoms with E-state index >= 15 is 0 Å². The summed E-state index contributed by atoms with van der Waals surface area (Å²) in [5.41, 5.74) is 4.28. The molecule has 1 fully saturated rings. The molecular formula is C12H22N2O2S. The molecule has 5 heteroatoms. The normalized spacial score (nSPS) is 22.9. The summed E-state index contributed by atoms with van der Waals surface area (Å²) in [6.07, 6.45) is 1.82. The largest absolute Gasteiger partial charge is 0.392 e. The Hall–Kier alpha value is -0.680. The lowest BCUT2D eigenvalue weighted by Gasteiger charge is -2.40. The van der Waals surface area contributed by atoms with Crippen LogP contribution in [0.25, 0.3) is 0 Å². The molecule has 1 unspecified atom stereocenters. The number of carbonyl (C=O) groups is 1. The maximum Gasteiger partial charge on any atom is 0.235 e. The Morgan fingerprint density at radius 3 is 2.35 bits per heavy atom. The monoisotopic (exact) mass is 258 g/mol. The van der Waals surface area contributed by atoms with Gasteiger partial charge in [0.15, 0.2) is 0 Å². The van der Waals surface area contributed by atoms with E-state index in [2.05, 4.69) is 0 Å². The van der Waals surface area contributed by atoms with Crippen LogP contribution >= 0.6 is 12.2 Å². The molecule has 0 aromatic rings. The molecule has 0 saturated carbocycles. The second kappa shape index (κ2) is 4.90. The fourth-order valence-electron chi connectivity index (χ4n) is 1.97. The zero-order valence-corrected chi connectivity index (χ0v) is 11.6. The van der Waals surface area contributed by atoms with Gasteiger partial charge >= 0.3 is 0 Å². The van der Waals surface area contributed by atoms with E-state index in [4.69, 9.17) is 18.0 Å². The number of carbonyl (C=O) groups excluding carboxylic acids is 1. The highest BCUT2D eigenvalue weighted by Crippen LogP contribution is 2.28. The van der Waals surface area contributed by atoms with Crippen LogP contribution in [0.4, 0.5) is 0 Å². The van der Waals surface area contributed by atoms with E-state index in [1.807, 2.05) is 6.92 Å².